The summed E-state index contributed by atoms with van der Waals surface area (Å²) in [5, 5.41) is 13.0. The number of hydrogen-bond acceptors (Lipinski definition) is 6. The summed E-state index contributed by atoms with van der Waals surface area (Å²) >= 11 is 0. The van der Waals surface area contributed by atoms with Gasteiger partial charge in [-0.1, -0.05) is 5.16 Å². The molecule has 0 aromatic carbocycles. The molecule has 0 radical (unpaired) electrons. The van der Waals surface area contributed by atoms with Crippen LogP contribution in [-0.2, 0) is 6.42 Å². The molecule has 0 saturated carbocycles. The first-order chi connectivity index (χ1) is 10.3. The van der Waals surface area contributed by atoms with Gasteiger partial charge >= 0.3 is 0 Å². The van der Waals surface area contributed by atoms with Crippen LogP contribution in [0.1, 0.15) is 22.7 Å². The van der Waals surface area contributed by atoms with Crippen molar-refractivity contribution in [3.05, 3.63) is 42.3 Å². The van der Waals surface area contributed by atoms with Crippen LogP contribution < -0.4 is 5.32 Å². The van der Waals surface area contributed by atoms with Gasteiger partial charge in [0, 0.05) is 19.0 Å². The first-order valence-corrected chi connectivity index (χ1v) is 6.46. The second-order valence-corrected chi connectivity index (χ2v) is 4.35. The van der Waals surface area contributed by atoms with Gasteiger partial charge in [0.2, 0.25) is 5.76 Å². The monoisotopic (exact) mass is 287 g/mol. The zero-order chi connectivity index (χ0) is 14.5. The van der Waals surface area contributed by atoms with Gasteiger partial charge < -0.3 is 14.3 Å². The number of nitrogens with zero attached hydrogens (tertiary/aromatic N) is 3. The minimum atomic E-state index is -0.283. The molecule has 108 valence electrons. The molecule has 0 atom stereocenters. The van der Waals surface area contributed by atoms with E-state index in [1.165, 1.54) is 12.6 Å². The van der Waals surface area contributed by atoms with E-state index < -0.39 is 0 Å². The van der Waals surface area contributed by atoms with Crippen LogP contribution in [0.2, 0.25) is 0 Å². The summed E-state index contributed by atoms with van der Waals surface area (Å²) in [4.78, 5) is 15.9. The minimum Gasteiger partial charge on any atom is -0.461 e. The van der Waals surface area contributed by atoms with Gasteiger partial charge in [-0.05, 0) is 18.6 Å². The van der Waals surface area contributed by atoms with Gasteiger partial charge in [-0.25, -0.2) is 4.98 Å². The molecule has 0 unspecified atom stereocenters. The molecular formula is C13H13N5O3. The topological polar surface area (TPSA) is 110 Å². The standard InChI is InChI=1S/C13H13N5O3/c19-13(14-5-1-4-12-15-8-16-17-12)9-7-11(21-18-9)10-3-2-6-20-10/h2-3,6-8H,1,4-5H2,(H,14,19)(H,15,16,17). The van der Waals surface area contributed by atoms with Gasteiger partial charge in [0.05, 0.1) is 6.26 Å². The van der Waals surface area contributed by atoms with Crippen molar-refractivity contribution in [1.29, 1.82) is 0 Å². The number of hydrogen-bond donors (Lipinski definition) is 2. The van der Waals surface area contributed by atoms with Crippen LogP contribution in [0.25, 0.3) is 11.5 Å². The second-order valence-electron chi connectivity index (χ2n) is 4.35. The van der Waals surface area contributed by atoms with Crippen LogP contribution in [0.5, 0.6) is 0 Å². The lowest BCUT2D eigenvalue weighted by atomic mass is 10.2. The third-order valence-electron chi connectivity index (χ3n) is 2.85. The fraction of sp³-hybridized carbons (Fsp3) is 0.231. The predicted octanol–water partition coefficient (Wildman–Crippen LogP) is 1.42. The lowest BCUT2D eigenvalue weighted by Crippen LogP contribution is -2.25. The highest BCUT2D eigenvalue weighted by atomic mass is 16.5. The number of H-pyrrole nitrogens is 1. The first-order valence-electron chi connectivity index (χ1n) is 6.46. The van der Waals surface area contributed by atoms with E-state index in [2.05, 4.69) is 25.7 Å². The Morgan fingerprint density at radius 2 is 2.33 bits per heavy atom. The molecule has 0 bridgehead atoms. The van der Waals surface area contributed by atoms with E-state index in [0.717, 1.165) is 18.7 Å². The zero-order valence-corrected chi connectivity index (χ0v) is 11.1. The van der Waals surface area contributed by atoms with Crippen LogP contribution in [0.4, 0.5) is 0 Å². The Morgan fingerprint density at radius 3 is 3.10 bits per heavy atom. The summed E-state index contributed by atoms with van der Waals surface area (Å²) in [6.45, 7) is 0.516. The highest BCUT2D eigenvalue weighted by molar-refractivity contribution is 5.92. The van der Waals surface area contributed by atoms with E-state index in [-0.39, 0.29) is 11.6 Å². The van der Waals surface area contributed by atoms with Crippen LogP contribution in [0.15, 0.2) is 39.7 Å². The largest absolute Gasteiger partial charge is 0.461 e. The maximum absolute atomic E-state index is 11.9. The van der Waals surface area contributed by atoms with E-state index in [1.54, 1.807) is 18.2 Å². The van der Waals surface area contributed by atoms with Crippen molar-refractivity contribution >= 4 is 5.91 Å². The third kappa shape index (κ3) is 3.16. The zero-order valence-electron chi connectivity index (χ0n) is 11.1. The van der Waals surface area contributed by atoms with Crippen molar-refractivity contribution in [3.63, 3.8) is 0 Å². The Bertz CT molecular complexity index is 687. The second kappa shape index (κ2) is 6.04. The molecule has 3 aromatic rings. The predicted molar refractivity (Wildman–Crippen MR) is 71.2 cm³/mol. The van der Waals surface area contributed by atoms with Crippen molar-refractivity contribution in [2.24, 2.45) is 0 Å². The Morgan fingerprint density at radius 1 is 1.38 bits per heavy atom. The summed E-state index contributed by atoms with van der Waals surface area (Å²) in [7, 11) is 0. The number of carbonyl (C=O) groups excluding carboxylic acids is 1. The average molecular weight is 287 g/mol. The summed E-state index contributed by atoms with van der Waals surface area (Å²) in [6, 6.07) is 5.02. The molecule has 0 fully saturated rings. The minimum absolute atomic E-state index is 0.223. The Kier molecular flexibility index (Phi) is 3.77. The number of rotatable bonds is 6. The molecule has 8 heteroatoms. The average Bonchev–Trinajstić information content (AvgIpc) is 3.25. The lowest BCUT2D eigenvalue weighted by Gasteiger charge is -2.00. The van der Waals surface area contributed by atoms with E-state index in [9.17, 15) is 4.79 Å². The van der Waals surface area contributed by atoms with Crippen molar-refractivity contribution in [2.75, 3.05) is 6.54 Å². The number of aromatic amines is 1. The van der Waals surface area contributed by atoms with Crippen molar-refractivity contribution in [1.82, 2.24) is 25.7 Å². The number of amides is 1. The number of nitrogens with one attached hydrogen (secondary N) is 2. The molecule has 3 rings (SSSR count). The highest BCUT2D eigenvalue weighted by Crippen LogP contribution is 2.20. The van der Waals surface area contributed by atoms with Crippen LogP contribution in [-0.4, -0.2) is 32.8 Å². The van der Waals surface area contributed by atoms with Crippen molar-refractivity contribution in [3.8, 4) is 11.5 Å². The van der Waals surface area contributed by atoms with E-state index in [4.69, 9.17) is 8.94 Å². The molecular weight excluding hydrogens is 274 g/mol. The lowest BCUT2D eigenvalue weighted by molar-refractivity contribution is 0.0944. The normalized spacial score (nSPS) is 10.7. The van der Waals surface area contributed by atoms with Crippen molar-refractivity contribution < 1.29 is 13.7 Å². The van der Waals surface area contributed by atoms with Crippen molar-refractivity contribution in [2.45, 2.75) is 12.8 Å². The van der Waals surface area contributed by atoms with Gasteiger partial charge in [-0.2, -0.15) is 5.10 Å². The van der Waals surface area contributed by atoms with Crippen LogP contribution in [0, 0.1) is 0 Å². The summed E-state index contributed by atoms with van der Waals surface area (Å²) in [5.41, 5.74) is 0.223. The molecule has 3 aromatic heterocycles. The quantitative estimate of drug-likeness (QED) is 0.663. The Labute approximate surface area is 119 Å². The Balaban J connectivity index is 1.49. The highest BCUT2D eigenvalue weighted by Gasteiger charge is 2.14. The van der Waals surface area contributed by atoms with Crippen LogP contribution >= 0.6 is 0 Å². The summed E-state index contributed by atoms with van der Waals surface area (Å²) < 4.78 is 10.2. The maximum atomic E-state index is 11.9. The number of aromatic nitrogens is 4. The van der Waals surface area contributed by atoms with E-state index in [0.29, 0.717) is 18.1 Å². The molecule has 0 aliphatic heterocycles. The molecule has 2 N–H and O–H groups in total. The molecule has 0 saturated heterocycles. The van der Waals surface area contributed by atoms with Gasteiger partial charge in [-0.3, -0.25) is 9.89 Å². The SMILES string of the molecule is O=C(NCCCc1ncn[nH]1)c1cc(-c2ccco2)on1. The fourth-order valence-corrected chi connectivity index (χ4v) is 1.82. The molecule has 3 heterocycles. The third-order valence-corrected chi connectivity index (χ3v) is 2.85. The fourth-order valence-electron chi connectivity index (χ4n) is 1.82. The van der Waals surface area contributed by atoms with E-state index in [1.807, 2.05) is 0 Å². The Hall–Kier alpha value is -2.90. The summed E-state index contributed by atoms with van der Waals surface area (Å²) in [5.74, 6) is 1.47. The number of aryl methyl sites for hydroxylation is 1. The number of carbonyl (C=O) groups is 1. The molecule has 0 spiro atoms. The van der Waals surface area contributed by atoms with Gasteiger partial charge in [0.25, 0.3) is 5.91 Å². The van der Waals surface area contributed by atoms with Gasteiger partial charge in [0.15, 0.2) is 11.5 Å². The van der Waals surface area contributed by atoms with E-state index >= 15 is 0 Å². The first kappa shape index (κ1) is 13.1. The molecule has 21 heavy (non-hydrogen) atoms. The smallest absolute Gasteiger partial charge is 0.273 e. The molecule has 8 nitrogen and oxygen atoms in total. The molecule has 1 amide bonds. The summed E-state index contributed by atoms with van der Waals surface area (Å²) in [6.07, 6.45) is 4.46. The molecule has 0 aliphatic rings. The van der Waals surface area contributed by atoms with Gasteiger partial charge in [0.1, 0.15) is 12.2 Å². The maximum Gasteiger partial charge on any atom is 0.273 e. The van der Waals surface area contributed by atoms with Crippen LogP contribution in [0.3, 0.4) is 0 Å². The molecule has 0 aliphatic carbocycles. The van der Waals surface area contributed by atoms with Gasteiger partial charge in [-0.15, -0.1) is 0 Å². The number of furan rings is 1.